The molecule has 1 aromatic carbocycles. The maximum Gasteiger partial charge on any atom is 0.225 e. The highest BCUT2D eigenvalue weighted by Gasteiger charge is 2.34. The van der Waals surface area contributed by atoms with Crippen LogP contribution in [0.4, 0.5) is 11.6 Å². The van der Waals surface area contributed by atoms with Gasteiger partial charge in [-0.2, -0.15) is 0 Å². The number of aryl methyl sites for hydroxylation is 1. The predicted octanol–water partition coefficient (Wildman–Crippen LogP) is 2.27. The third kappa shape index (κ3) is 3.55. The van der Waals surface area contributed by atoms with Crippen LogP contribution in [0.25, 0.3) is 0 Å². The van der Waals surface area contributed by atoms with E-state index in [9.17, 15) is 4.79 Å². The van der Waals surface area contributed by atoms with Gasteiger partial charge in [-0.25, -0.2) is 9.97 Å². The minimum Gasteiger partial charge on any atom is -0.341 e. The molecule has 0 saturated carbocycles. The molecule has 3 aliphatic rings. The number of aromatic nitrogens is 2. The lowest BCUT2D eigenvalue weighted by molar-refractivity contribution is -0.124. The third-order valence-corrected chi connectivity index (χ3v) is 6.30. The number of carbonyl (C=O) groups excluding carboxylic acids is 1. The Morgan fingerprint density at radius 3 is 2.76 bits per heavy atom. The second-order valence-corrected chi connectivity index (χ2v) is 8.22. The smallest absolute Gasteiger partial charge is 0.225 e. The lowest BCUT2D eigenvalue weighted by atomic mass is 10.0. The lowest BCUT2D eigenvalue weighted by Gasteiger charge is -2.38. The molecular weight excluding hydrogens is 364 g/mol. The number of hydrogen-bond donors (Lipinski definition) is 2. The van der Waals surface area contributed by atoms with Crippen molar-refractivity contribution in [3.63, 3.8) is 0 Å². The highest BCUT2D eigenvalue weighted by atomic mass is 16.2. The van der Waals surface area contributed by atoms with Crippen LogP contribution in [-0.2, 0) is 11.2 Å². The number of carbonyl (C=O) groups is 1. The van der Waals surface area contributed by atoms with E-state index in [0.29, 0.717) is 6.42 Å². The van der Waals surface area contributed by atoms with E-state index in [-0.39, 0.29) is 18.2 Å². The average Bonchev–Trinajstić information content (AvgIpc) is 3.18. The zero-order chi connectivity index (χ0) is 19.8. The summed E-state index contributed by atoms with van der Waals surface area (Å²) in [5.74, 6) is 0.874. The molecule has 7 heteroatoms. The Balaban J connectivity index is 1.36. The van der Waals surface area contributed by atoms with Crippen LogP contribution in [0.5, 0.6) is 0 Å². The molecule has 0 spiro atoms. The van der Waals surface area contributed by atoms with E-state index in [4.69, 9.17) is 4.98 Å². The van der Waals surface area contributed by atoms with Crippen LogP contribution >= 0.6 is 0 Å². The molecule has 2 N–H and O–H groups in total. The van der Waals surface area contributed by atoms with Gasteiger partial charge in [-0.15, -0.1) is 0 Å². The molecule has 2 fully saturated rings. The van der Waals surface area contributed by atoms with Gasteiger partial charge in [0.05, 0.1) is 0 Å². The van der Waals surface area contributed by atoms with Gasteiger partial charge in [-0.1, -0.05) is 18.2 Å². The molecule has 3 aliphatic heterocycles. The van der Waals surface area contributed by atoms with E-state index < -0.39 is 0 Å². The van der Waals surface area contributed by atoms with Crippen LogP contribution < -0.4 is 20.4 Å². The number of benzene rings is 1. The fraction of sp³-hybridized carbons (Fsp3) is 0.500. The summed E-state index contributed by atoms with van der Waals surface area (Å²) < 4.78 is 0. The first-order chi connectivity index (χ1) is 14.2. The molecule has 4 heterocycles. The van der Waals surface area contributed by atoms with Crippen LogP contribution in [0.15, 0.2) is 30.5 Å². The number of rotatable bonds is 3. The zero-order valence-electron chi connectivity index (χ0n) is 16.9. The Labute approximate surface area is 171 Å². The van der Waals surface area contributed by atoms with Crippen molar-refractivity contribution in [2.45, 2.75) is 51.4 Å². The first-order valence-corrected chi connectivity index (χ1v) is 10.7. The molecule has 0 aliphatic carbocycles. The van der Waals surface area contributed by atoms with Gasteiger partial charge in [-0.05, 0) is 44.2 Å². The standard InChI is InChI=1S/C22H28N6O/c1-15-17(14-23-21(24-15)27-10-5-2-6-11-27)18-13-20(29)26-22(25-18)28-12-9-16-7-3-4-8-19(16)28/h3-4,7-8,14,18,22,25H,2,5-6,9-13H2,1H3,(H,26,29). The van der Waals surface area contributed by atoms with Crippen molar-refractivity contribution in [1.29, 1.82) is 0 Å². The molecule has 5 rings (SSSR count). The number of para-hydroxylation sites is 1. The molecule has 1 aromatic heterocycles. The Morgan fingerprint density at radius 1 is 1.10 bits per heavy atom. The number of nitrogens with one attached hydrogen (secondary N) is 2. The van der Waals surface area contributed by atoms with Gasteiger partial charge in [0.2, 0.25) is 11.9 Å². The Bertz CT molecular complexity index is 910. The first kappa shape index (κ1) is 18.4. The number of piperidine rings is 1. The highest BCUT2D eigenvalue weighted by molar-refractivity contribution is 5.79. The summed E-state index contributed by atoms with van der Waals surface area (Å²) in [7, 11) is 0. The maximum atomic E-state index is 12.5. The van der Waals surface area contributed by atoms with Crippen molar-refractivity contribution in [2.24, 2.45) is 0 Å². The summed E-state index contributed by atoms with van der Waals surface area (Å²) in [4.78, 5) is 26.5. The molecule has 152 valence electrons. The van der Waals surface area contributed by atoms with Gasteiger partial charge in [0.1, 0.15) is 0 Å². The van der Waals surface area contributed by atoms with Gasteiger partial charge in [-0.3, -0.25) is 10.1 Å². The van der Waals surface area contributed by atoms with Crippen molar-refractivity contribution >= 4 is 17.5 Å². The summed E-state index contributed by atoms with van der Waals surface area (Å²) in [6.45, 7) is 4.98. The topological polar surface area (TPSA) is 73.4 Å². The van der Waals surface area contributed by atoms with Crippen molar-refractivity contribution in [3.8, 4) is 0 Å². The van der Waals surface area contributed by atoms with E-state index in [2.05, 4.69) is 49.7 Å². The van der Waals surface area contributed by atoms with Crippen LogP contribution in [0.2, 0.25) is 0 Å². The number of hydrogen-bond acceptors (Lipinski definition) is 6. The second-order valence-electron chi connectivity index (χ2n) is 8.22. The molecule has 2 atom stereocenters. The van der Waals surface area contributed by atoms with E-state index in [1.807, 2.05) is 13.1 Å². The van der Waals surface area contributed by atoms with Crippen molar-refractivity contribution < 1.29 is 4.79 Å². The fourth-order valence-corrected chi connectivity index (χ4v) is 4.74. The molecule has 0 radical (unpaired) electrons. The molecule has 2 unspecified atom stereocenters. The summed E-state index contributed by atoms with van der Waals surface area (Å²) in [6, 6.07) is 8.33. The molecular formula is C22H28N6O. The van der Waals surface area contributed by atoms with E-state index in [0.717, 1.165) is 43.3 Å². The zero-order valence-corrected chi connectivity index (χ0v) is 16.9. The number of fused-ring (bicyclic) bond motifs is 1. The van der Waals surface area contributed by atoms with Gasteiger partial charge in [0.15, 0.2) is 6.29 Å². The molecule has 1 amide bonds. The monoisotopic (exact) mass is 392 g/mol. The molecule has 29 heavy (non-hydrogen) atoms. The summed E-state index contributed by atoms with van der Waals surface area (Å²) in [5.41, 5.74) is 4.49. The number of amides is 1. The second kappa shape index (κ2) is 7.63. The molecule has 2 saturated heterocycles. The fourth-order valence-electron chi connectivity index (χ4n) is 4.74. The highest BCUT2D eigenvalue weighted by Crippen LogP contribution is 2.31. The average molecular weight is 393 g/mol. The summed E-state index contributed by atoms with van der Waals surface area (Å²) in [6.07, 6.45) is 6.79. The van der Waals surface area contributed by atoms with Gasteiger partial charge < -0.3 is 15.1 Å². The van der Waals surface area contributed by atoms with Crippen LogP contribution in [0, 0.1) is 6.92 Å². The van der Waals surface area contributed by atoms with Gasteiger partial charge >= 0.3 is 0 Å². The molecule has 2 aromatic rings. The lowest BCUT2D eigenvalue weighted by Crippen LogP contribution is -2.61. The SMILES string of the molecule is Cc1nc(N2CCCCC2)ncc1C1CC(=O)NC(N2CCc3ccccc32)N1. The Morgan fingerprint density at radius 2 is 1.93 bits per heavy atom. The predicted molar refractivity (Wildman–Crippen MR) is 113 cm³/mol. The Kier molecular flexibility index (Phi) is 4.83. The number of anilines is 2. The van der Waals surface area contributed by atoms with Crippen LogP contribution in [-0.4, -0.2) is 41.8 Å². The van der Waals surface area contributed by atoms with Gasteiger partial charge in [0, 0.05) is 55.2 Å². The largest absolute Gasteiger partial charge is 0.341 e. The third-order valence-electron chi connectivity index (χ3n) is 6.30. The Hall–Kier alpha value is -2.67. The normalized spacial score (nSPS) is 24.4. The summed E-state index contributed by atoms with van der Waals surface area (Å²) >= 11 is 0. The van der Waals surface area contributed by atoms with Crippen LogP contribution in [0.3, 0.4) is 0 Å². The van der Waals surface area contributed by atoms with Crippen LogP contribution in [0.1, 0.15) is 48.5 Å². The van der Waals surface area contributed by atoms with E-state index in [1.54, 1.807) is 0 Å². The number of nitrogens with zero attached hydrogens (tertiary/aromatic N) is 4. The molecule has 7 nitrogen and oxygen atoms in total. The van der Waals surface area contributed by atoms with Crippen molar-refractivity contribution in [3.05, 3.63) is 47.3 Å². The van der Waals surface area contributed by atoms with Gasteiger partial charge in [0.25, 0.3) is 0 Å². The maximum absolute atomic E-state index is 12.5. The minimum absolute atomic E-state index is 0.0580. The van der Waals surface area contributed by atoms with E-state index in [1.165, 1.54) is 30.5 Å². The van der Waals surface area contributed by atoms with E-state index >= 15 is 0 Å². The first-order valence-electron chi connectivity index (χ1n) is 10.7. The van der Waals surface area contributed by atoms with Crippen molar-refractivity contribution in [1.82, 2.24) is 20.6 Å². The summed E-state index contributed by atoms with van der Waals surface area (Å²) in [5, 5.41) is 6.73. The molecule has 0 bridgehead atoms. The van der Waals surface area contributed by atoms with Crippen molar-refractivity contribution in [2.75, 3.05) is 29.4 Å². The minimum atomic E-state index is -0.217. The quantitative estimate of drug-likeness (QED) is 0.835.